The van der Waals surface area contributed by atoms with Gasteiger partial charge in [-0.2, -0.15) is 0 Å². The summed E-state index contributed by atoms with van der Waals surface area (Å²) in [5, 5.41) is 3.16. The number of nitrogens with one attached hydrogen (secondary N) is 1. The largest absolute Gasteiger partial charge is 0.346 e. The van der Waals surface area contributed by atoms with E-state index in [1.165, 1.54) is 12.8 Å². The van der Waals surface area contributed by atoms with Crippen molar-refractivity contribution in [2.75, 3.05) is 0 Å². The van der Waals surface area contributed by atoms with E-state index in [9.17, 15) is 4.79 Å². The lowest BCUT2D eigenvalue weighted by atomic mass is 10.1. The highest BCUT2D eigenvalue weighted by atomic mass is 16.1. The number of carbonyl (C=O) groups is 1. The number of carbonyl (C=O) groups excluding carboxylic acids is 1. The number of imidazole rings is 2. The van der Waals surface area contributed by atoms with Crippen molar-refractivity contribution in [2.24, 2.45) is 13.0 Å². The highest BCUT2D eigenvalue weighted by Gasteiger charge is 2.35. The lowest BCUT2D eigenvalue weighted by Gasteiger charge is -2.18. The van der Waals surface area contributed by atoms with Crippen molar-refractivity contribution in [3.63, 3.8) is 0 Å². The Kier molecular flexibility index (Phi) is 4.03. The molecule has 2 aromatic rings. The molecule has 1 saturated carbocycles. The second-order valence-electron chi connectivity index (χ2n) is 5.68. The molecule has 1 amide bonds. The van der Waals surface area contributed by atoms with Gasteiger partial charge in [-0.05, 0) is 25.2 Å². The van der Waals surface area contributed by atoms with Gasteiger partial charge < -0.3 is 14.5 Å². The molecule has 1 aliphatic carbocycles. The van der Waals surface area contributed by atoms with Crippen LogP contribution in [0.5, 0.6) is 0 Å². The Morgan fingerprint density at radius 3 is 2.90 bits per heavy atom. The van der Waals surface area contributed by atoms with E-state index in [4.69, 9.17) is 0 Å². The summed E-state index contributed by atoms with van der Waals surface area (Å²) < 4.78 is 3.99. The van der Waals surface area contributed by atoms with Crippen LogP contribution in [0.2, 0.25) is 0 Å². The quantitative estimate of drug-likeness (QED) is 0.842. The average Bonchev–Trinajstić information content (AvgIpc) is 3.01. The fourth-order valence-electron chi connectivity index (χ4n) is 2.59. The van der Waals surface area contributed by atoms with Crippen LogP contribution >= 0.6 is 0 Å². The molecule has 0 aliphatic heterocycles. The molecule has 0 saturated heterocycles. The number of aryl methyl sites for hydroxylation is 2. The molecule has 2 aromatic heterocycles. The number of amides is 1. The Balaban J connectivity index is 1.51. The summed E-state index contributed by atoms with van der Waals surface area (Å²) in [6, 6.07) is 0.0609. The fourth-order valence-corrected chi connectivity index (χ4v) is 2.59. The number of hydrogen-bond donors (Lipinski definition) is 1. The van der Waals surface area contributed by atoms with Crippen LogP contribution in [-0.2, 0) is 18.4 Å². The maximum absolute atomic E-state index is 12.1. The summed E-state index contributed by atoms with van der Waals surface area (Å²) in [7, 11) is 1.98. The van der Waals surface area contributed by atoms with Gasteiger partial charge in [0.25, 0.3) is 0 Å². The minimum absolute atomic E-state index is 0.0609. The maximum atomic E-state index is 12.1. The molecular weight excluding hydrogens is 266 g/mol. The Morgan fingerprint density at radius 2 is 2.29 bits per heavy atom. The lowest BCUT2D eigenvalue weighted by Crippen LogP contribution is -2.31. The standard InChI is InChI=1S/C15H21N5O/c1-19-9-7-17-15(19)14(12-4-5-12)18-13(21)3-2-8-20-10-6-16-11-20/h6-7,9-12,14H,2-5,8H2,1H3,(H,18,21). The summed E-state index contributed by atoms with van der Waals surface area (Å²) in [4.78, 5) is 20.5. The second-order valence-corrected chi connectivity index (χ2v) is 5.68. The van der Waals surface area contributed by atoms with Gasteiger partial charge in [-0.25, -0.2) is 9.97 Å². The van der Waals surface area contributed by atoms with Gasteiger partial charge in [0.1, 0.15) is 5.82 Å². The first-order valence-electron chi connectivity index (χ1n) is 7.46. The van der Waals surface area contributed by atoms with E-state index in [1.54, 1.807) is 18.7 Å². The third kappa shape index (κ3) is 3.51. The molecule has 1 N–H and O–H groups in total. The summed E-state index contributed by atoms with van der Waals surface area (Å²) in [5.41, 5.74) is 0. The molecule has 0 aromatic carbocycles. The molecule has 0 radical (unpaired) electrons. The molecule has 6 heteroatoms. The van der Waals surface area contributed by atoms with Crippen LogP contribution in [0, 0.1) is 5.92 Å². The first-order valence-corrected chi connectivity index (χ1v) is 7.46. The number of rotatable bonds is 7. The zero-order valence-corrected chi connectivity index (χ0v) is 12.3. The monoisotopic (exact) mass is 287 g/mol. The van der Waals surface area contributed by atoms with Gasteiger partial charge in [-0.1, -0.05) is 0 Å². The van der Waals surface area contributed by atoms with Crippen LogP contribution in [0.1, 0.15) is 37.5 Å². The first-order chi connectivity index (χ1) is 10.2. The van der Waals surface area contributed by atoms with Crippen LogP contribution < -0.4 is 5.32 Å². The van der Waals surface area contributed by atoms with Gasteiger partial charge in [0, 0.05) is 44.8 Å². The van der Waals surface area contributed by atoms with Crippen LogP contribution in [-0.4, -0.2) is 25.0 Å². The van der Waals surface area contributed by atoms with Gasteiger partial charge in [-0.15, -0.1) is 0 Å². The third-order valence-corrected chi connectivity index (χ3v) is 3.93. The molecule has 1 fully saturated rings. The van der Waals surface area contributed by atoms with E-state index in [-0.39, 0.29) is 11.9 Å². The maximum Gasteiger partial charge on any atom is 0.220 e. The fraction of sp³-hybridized carbons (Fsp3) is 0.533. The third-order valence-electron chi connectivity index (χ3n) is 3.93. The smallest absolute Gasteiger partial charge is 0.220 e. The molecule has 3 rings (SSSR count). The molecule has 21 heavy (non-hydrogen) atoms. The molecule has 1 atom stereocenters. The summed E-state index contributed by atoms with van der Waals surface area (Å²) in [5.74, 6) is 1.61. The first kappa shape index (κ1) is 13.9. The van der Waals surface area contributed by atoms with Crippen molar-refractivity contribution in [3.8, 4) is 0 Å². The highest BCUT2D eigenvalue weighted by Crippen LogP contribution is 2.40. The molecule has 6 nitrogen and oxygen atoms in total. The van der Waals surface area contributed by atoms with E-state index in [1.807, 2.05) is 28.6 Å². The van der Waals surface area contributed by atoms with Gasteiger partial charge in [0.05, 0.1) is 12.4 Å². The Labute approximate surface area is 124 Å². The van der Waals surface area contributed by atoms with E-state index in [0.717, 1.165) is 18.8 Å². The van der Waals surface area contributed by atoms with Crippen LogP contribution in [0.15, 0.2) is 31.1 Å². The minimum Gasteiger partial charge on any atom is -0.346 e. The van der Waals surface area contributed by atoms with Crippen molar-refractivity contribution in [3.05, 3.63) is 36.9 Å². The molecule has 1 aliphatic rings. The number of aromatic nitrogens is 4. The molecular formula is C15H21N5O. The van der Waals surface area contributed by atoms with E-state index in [0.29, 0.717) is 12.3 Å². The van der Waals surface area contributed by atoms with Gasteiger partial charge in [0.15, 0.2) is 0 Å². The molecule has 112 valence electrons. The zero-order chi connectivity index (χ0) is 14.7. The minimum atomic E-state index is 0.0609. The van der Waals surface area contributed by atoms with Gasteiger partial charge in [-0.3, -0.25) is 4.79 Å². The van der Waals surface area contributed by atoms with Crippen LogP contribution in [0.4, 0.5) is 0 Å². The predicted octanol–water partition coefficient (Wildman–Crippen LogP) is 1.66. The SMILES string of the molecule is Cn1ccnc1C(NC(=O)CCCn1ccnc1)C1CC1. The summed E-state index contributed by atoms with van der Waals surface area (Å²) >= 11 is 0. The molecule has 0 spiro atoms. The van der Waals surface area contributed by atoms with Crippen molar-refractivity contribution in [1.29, 1.82) is 0 Å². The zero-order valence-electron chi connectivity index (χ0n) is 12.3. The van der Waals surface area contributed by atoms with Crippen LogP contribution in [0.25, 0.3) is 0 Å². The van der Waals surface area contributed by atoms with Gasteiger partial charge >= 0.3 is 0 Å². The van der Waals surface area contributed by atoms with E-state index in [2.05, 4.69) is 15.3 Å². The Morgan fingerprint density at radius 1 is 1.43 bits per heavy atom. The highest BCUT2D eigenvalue weighted by molar-refractivity contribution is 5.76. The number of hydrogen-bond acceptors (Lipinski definition) is 3. The van der Waals surface area contributed by atoms with Crippen LogP contribution in [0.3, 0.4) is 0 Å². The predicted molar refractivity (Wildman–Crippen MR) is 78.3 cm³/mol. The second kappa shape index (κ2) is 6.11. The average molecular weight is 287 g/mol. The van der Waals surface area contributed by atoms with E-state index >= 15 is 0 Å². The molecule has 0 bridgehead atoms. The lowest BCUT2D eigenvalue weighted by molar-refractivity contribution is -0.122. The number of nitrogens with zero attached hydrogens (tertiary/aromatic N) is 4. The molecule has 2 heterocycles. The van der Waals surface area contributed by atoms with Crippen molar-refractivity contribution in [2.45, 2.75) is 38.3 Å². The molecule has 1 unspecified atom stereocenters. The Hall–Kier alpha value is -2.11. The van der Waals surface area contributed by atoms with Crippen molar-refractivity contribution >= 4 is 5.91 Å². The topological polar surface area (TPSA) is 64.7 Å². The van der Waals surface area contributed by atoms with Crippen molar-refractivity contribution < 1.29 is 4.79 Å². The summed E-state index contributed by atoms with van der Waals surface area (Å²) in [6.07, 6.45) is 12.9. The normalized spacial score (nSPS) is 15.9. The van der Waals surface area contributed by atoms with E-state index < -0.39 is 0 Å². The van der Waals surface area contributed by atoms with Crippen molar-refractivity contribution in [1.82, 2.24) is 24.4 Å². The Bertz CT molecular complexity index is 585. The summed E-state index contributed by atoms with van der Waals surface area (Å²) in [6.45, 7) is 0.823. The van der Waals surface area contributed by atoms with Gasteiger partial charge in [0.2, 0.25) is 5.91 Å².